The van der Waals surface area contributed by atoms with Gasteiger partial charge in [0.2, 0.25) is 33.7 Å². The number of carbonyl (C=O) groups excluding carboxylic acids is 5. The number of rotatable bonds is 7. The van der Waals surface area contributed by atoms with Gasteiger partial charge in [-0.2, -0.15) is 4.31 Å². The Labute approximate surface area is 280 Å². The lowest BCUT2D eigenvalue weighted by Gasteiger charge is -2.30. The van der Waals surface area contributed by atoms with Crippen molar-refractivity contribution in [3.8, 4) is 0 Å². The van der Waals surface area contributed by atoms with Gasteiger partial charge in [0.05, 0.1) is 6.54 Å². The molecule has 3 atom stereocenters. The Bertz CT molecular complexity index is 1560. The van der Waals surface area contributed by atoms with Crippen LogP contribution in [0.3, 0.4) is 0 Å². The van der Waals surface area contributed by atoms with E-state index in [1.165, 1.54) is 32.6 Å². The molecule has 2 aromatic rings. The van der Waals surface area contributed by atoms with E-state index in [1.54, 1.807) is 6.92 Å². The van der Waals surface area contributed by atoms with Crippen LogP contribution in [0.1, 0.15) is 55.3 Å². The van der Waals surface area contributed by atoms with Crippen molar-refractivity contribution in [2.24, 2.45) is 5.92 Å². The number of hydrogen-bond acceptors (Lipinski definition) is 8. The molecule has 4 rings (SSSR count). The molecule has 0 unspecified atom stereocenters. The average Bonchev–Trinajstić information content (AvgIpc) is 3.76. The van der Waals surface area contributed by atoms with Crippen LogP contribution in [-0.4, -0.2) is 110 Å². The van der Waals surface area contributed by atoms with Gasteiger partial charge in [-0.05, 0) is 49.1 Å². The second-order valence-electron chi connectivity index (χ2n) is 12.4. The van der Waals surface area contributed by atoms with Crippen LogP contribution >= 0.6 is 11.3 Å². The molecule has 15 heteroatoms. The molecule has 13 nitrogen and oxygen atoms in total. The maximum absolute atomic E-state index is 14.0. The third-order valence-electron chi connectivity index (χ3n) is 8.37. The van der Waals surface area contributed by atoms with Crippen molar-refractivity contribution in [3.05, 3.63) is 52.2 Å². The highest BCUT2D eigenvalue weighted by Crippen LogP contribution is 2.28. The summed E-state index contributed by atoms with van der Waals surface area (Å²) in [4.78, 5) is 70.1. The summed E-state index contributed by atoms with van der Waals surface area (Å²) in [6.07, 6.45) is 1.91. The van der Waals surface area contributed by atoms with Gasteiger partial charge in [-0.25, -0.2) is 8.42 Å². The maximum atomic E-state index is 14.0. The number of likely N-dealkylation sites (N-methyl/N-ethyl adjacent to an activating group) is 1. The van der Waals surface area contributed by atoms with Gasteiger partial charge in [-0.15, -0.1) is 11.3 Å². The first-order chi connectivity index (χ1) is 22.3. The van der Waals surface area contributed by atoms with Crippen molar-refractivity contribution in [1.82, 2.24) is 30.1 Å². The topological polar surface area (TPSA) is 165 Å². The van der Waals surface area contributed by atoms with Crippen LogP contribution < -0.4 is 16.0 Å². The van der Waals surface area contributed by atoms with Crippen molar-refractivity contribution in [3.63, 3.8) is 0 Å². The predicted molar refractivity (Wildman–Crippen MR) is 177 cm³/mol. The molecule has 0 aliphatic carbocycles. The van der Waals surface area contributed by atoms with E-state index in [4.69, 9.17) is 0 Å². The highest BCUT2D eigenvalue weighted by molar-refractivity contribution is 7.89. The summed E-state index contributed by atoms with van der Waals surface area (Å²) >= 11 is 0.964. The molecule has 2 aliphatic heterocycles. The van der Waals surface area contributed by atoms with Gasteiger partial charge in [0.1, 0.15) is 27.9 Å². The molecule has 2 aliphatic rings. The minimum Gasteiger partial charge on any atom is -0.353 e. The second kappa shape index (κ2) is 15.8. The predicted octanol–water partition coefficient (Wildman–Crippen LogP) is 1.21. The molecule has 2 fully saturated rings. The molecular weight excluding hydrogens is 645 g/mol. The summed E-state index contributed by atoms with van der Waals surface area (Å²) in [6.45, 7) is 5.36. The Hall–Kier alpha value is -3.82. The zero-order valence-electron chi connectivity index (χ0n) is 27.2. The van der Waals surface area contributed by atoms with E-state index in [0.29, 0.717) is 13.1 Å². The summed E-state index contributed by atoms with van der Waals surface area (Å²) in [7, 11) is -2.47. The Morgan fingerprint density at radius 2 is 1.64 bits per heavy atom. The summed E-state index contributed by atoms with van der Waals surface area (Å²) in [5.74, 6) is -2.86. The van der Waals surface area contributed by atoms with Crippen LogP contribution in [0.15, 0.2) is 46.7 Å². The van der Waals surface area contributed by atoms with E-state index in [2.05, 4.69) is 16.0 Å². The first-order valence-electron chi connectivity index (χ1n) is 15.8. The molecule has 0 bridgehead atoms. The first-order valence-corrected chi connectivity index (χ1v) is 18.2. The standard InChI is InChI=1S/C32H44N6O7S2/c1-21(2)18-25-31(42)36(4)22(3)29(40)35-24(19-23-10-6-5-7-11-23)30(41)33-13-16-37(20-27(39)34-25)32(43)28-26(12-17-46-28)47(44,45)38-14-8-9-15-38/h5-7,10-12,17,21-22,24-25H,8-9,13-16,18-20H2,1-4H3,(H,33,41)(H,34,39)(H,35,40)/t22-,24-,25-/m0/s1. The van der Waals surface area contributed by atoms with Gasteiger partial charge in [-0.1, -0.05) is 44.2 Å². The number of sulfonamides is 1. The number of nitrogens with one attached hydrogen (secondary N) is 3. The van der Waals surface area contributed by atoms with Crippen LogP contribution in [0, 0.1) is 5.92 Å². The van der Waals surface area contributed by atoms with Crippen molar-refractivity contribution < 1.29 is 32.4 Å². The van der Waals surface area contributed by atoms with E-state index < -0.39 is 64.2 Å². The van der Waals surface area contributed by atoms with Gasteiger partial charge in [-0.3, -0.25) is 24.0 Å². The highest BCUT2D eigenvalue weighted by atomic mass is 32.2. The molecule has 2 saturated heterocycles. The zero-order valence-corrected chi connectivity index (χ0v) is 28.9. The van der Waals surface area contributed by atoms with Gasteiger partial charge in [0.25, 0.3) is 5.91 Å². The highest BCUT2D eigenvalue weighted by Gasteiger charge is 2.36. The molecule has 5 amide bonds. The molecular formula is C32H44N6O7S2. The minimum absolute atomic E-state index is 0.00291. The first kappa shape index (κ1) is 36.0. The number of carbonyl (C=O) groups is 5. The van der Waals surface area contributed by atoms with Crippen molar-refractivity contribution in [2.45, 2.75) is 69.5 Å². The third kappa shape index (κ3) is 8.96. The maximum Gasteiger partial charge on any atom is 0.265 e. The lowest BCUT2D eigenvalue weighted by Crippen LogP contribution is -2.57. The lowest BCUT2D eigenvalue weighted by atomic mass is 10.0. The fraction of sp³-hybridized carbons (Fsp3) is 0.531. The van der Waals surface area contributed by atoms with E-state index >= 15 is 0 Å². The summed E-state index contributed by atoms with van der Waals surface area (Å²) in [5.41, 5.74) is 0.802. The number of nitrogens with zero attached hydrogens (tertiary/aromatic N) is 3. The Balaban J connectivity index is 1.66. The van der Waals surface area contributed by atoms with Crippen molar-refractivity contribution in [2.75, 3.05) is 39.8 Å². The molecule has 256 valence electrons. The molecule has 0 saturated carbocycles. The Morgan fingerprint density at radius 3 is 2.30 bits per heavy atom. The fourth-order valence-electron chi connectivity index (χ4n) is 5.63. The quantitative estimate of drug-likeness (QED) is 0.394. The third-order valence-corrected chi connectivity index (χ3v) is 11.3. The Morgan fingerprint density at radius 1 is 0.957 bits per heavy atom. The van der Waals surface area contributed by atoms with Crippen LogP contribution in [0.25, 0.3) is 0 Å². The molecule has 0 spiro atoms. The van der Waals surface area contributed by atoms with Crippen LogP contribution in [0.4, 0.5) is 0 Å². The normalized spacial score (nSPS) is 22.8. The minimum atomic E-state index is -3.93. The van der Waals surface area contributed by atoms with E-state index in [0.717, 1.165) is 29.7 Å². The smallest absolute Gasteiger partial charge is 0.265 e. The monoisotopic (exact) mass is 688 g/mol. The van der Waals surface area contributed by atoms with E-state index in [-0.39, 0.29) is 41.6 Å². The van der Waals surface area contributed by atoms with Gasteiger partial charge >= 0.3 is 0 Å². The number of hydrogen-bond donors (Lipinski definition) is 3. The average molecular weight is 689 g/mol. The summed E-state index contributed by atoms with van der Waals surface area (Å²) < 4.78 is 28.2. The molecule has 3 N–H and O–H groups in total. The number of amides is 5. The Kier molecular flexibility index (Phi) is 12.1. The van der Waals surface area contributed by atoms with Gasteiger partial charge < -0.3 is 25.8 Å². The van der Waals surface area contributed by atoms with Crippen LogP contribution in [0.5, 0.6) is 0 Å². The zero-order chi connectivity index (χ0) is 34.3. The SMILES string of the molecule is CC(C)C[C@@H]1NC(=O)CN(C(=O)c2sccc2S(=O)(=O)N2CCCC2)CCNC(=O)[C@H](Cc2ccccc2)NC(=O)[C@H](C)N(C)C1=O. The summed E-state index contributed by atoms with van der Waals surface area (Å²) in [5, 5.41) is 9.80. The number of thiophene rings is 1. The summed E-state index contributed by atoms with van der Waals surface area (Å²) in [6, 6.07) is 7.59. The van der Waals surface area contributed by atoms with Gasteiger partial charge in [0.15, 0.2) is 0 Å². The van der Waals surface area contributed by atoms with E-state index in [1.807, 2.05) is 44.2 Å². The molecule has 0 radical (unpaired) electrons. The molecule has 1 aromatic carbocycles. The number of benzene rings is 1. The van der Waals surface area contributed by atoms with Gasteiger partial charge in [0, 0.05) is 39.6 Å². The van der Waals surface area contributed by atoms with Crippen molar-refractivity contribution >= 4 is 50.9 Å². The molecule has 1 aromatic heterocycles. The largest absolute Gasteiger partial charge is 0.353 e. The molecule has 3 heterocycles. The van der Waals surface area contributed by atoms with Crippen molar-refractivity contribution in [1.29, 1.82) is 0 Å². The lowest BCUT2D eigenvalue weighted by molar-refractivity contribution is -0.142. The second-order valence-corrected chi connectivity index (χ2v) is 15.2. The van der Waals surface area contributed by atoms with Crippen LogP contribution in [0.2, 0.25) is 0 Å². The van der Waals surface area contributed by atoms with E-state index in [9.17, 15) is 32.4 Å². The fourth-order valence-corrected chi connectivity index (χ4v) is 8.51. The van der Waals surface area contributed by atoms with Crippen LogP contribution in [-0.2, 0) is 35.6 Å². The molecule has 47 heavy (non-hydrogen) atoms.